The first-order valence-corrected chi connectivity index (χ1v) is 9.21. The molecule has 26 heavy (non-hydrogen) atoms. The van der Waals surface area contributed by atoms with Crippen LogP contribution < -0.4 is 5.32 Å². The number of carboxylic acids is 1. The summed E-state index contributed by atoms with van der Waals surface area (Å²) in [6, 6.07) is 11.2. The van der Waals surface area contributed by atoms with Crippen molar-refractivity contribution in [3.63, 3.8) is 0 Å². The molecule has 1 heterocycles. The largest absolute Gasteiger partial charge is 0.480 e. The van der Waals surface area contributed by atoms with Crippen LogP contribution in [0.15, 0.2) is 57.6 Å². The van der Waals surface area contributed by atoms with Gasteiger partial charge in [-0.3, -0.25) is 9.78 Å². The monoisotopic (exact) mass is 477 g/mol. The molecule has 0 saturated carbocycles. The van der Waals surface area contributed by atoms with Crippen molar-refractivity contribution >= 4 is 54.8 Å². The fourth-order valence-corrected chi connectivity index (χ4v) is 3.72. The van der Waals surface area contributed by atoms with Gasteiger partial charge in [0.25, 0.3) is 5.91 Å². The maximum atomic E-state index is 12.4. The molecule has 0 spiro atoms. The SMILES string of the molecule is O=C(N[C@H](Cc1cnc2ccccc2n1)C(=O)O)c1cc(Br)cc(Br)c1. The minimum atomic E-state index is -1.14. The Labute approximate surface area is 165 Å². The molecule has 0 bridgehead atoms. The van der Waals surface area contributed by atoms with Crippen molar-refractivity contribution in [3.05, 3.63) is 68.9 Å². The van der Waals surface area contributed by atoms with Gasteiger partial charge in [0, 0.05) is 27.1 Å². The van der Waals surface area contributed by atoms with Crippen LogP contribution in [0.5, 0.6) is 0 Å². The summed E-state index contributed by atoms with van der Waals surface area (Å²) < 4.78 is 1.42. The van der Waals surface area contributed by atoms with Crippen LogP contribution in [0.3, 0.4) is 0 Å². The molecule has 1 aromatic heterocycles. The van der Waals surface area contributed by atoms with Gasteiger partial charge in [-0.2, -0.15) is 0 Å². The highest BCUT2D eigenvalue weighted by molar-refractivity contribution is 9.11. The minimum Gasteiger partial charge on any atom is -0.480 e. The molecule has 1 amide bonds. The van der Waals surface area contributed by atoms with Gasteiger partial charge in [0.2, 0.25) is 0 Å². The molecule has 132 valence electrons. The standard InChI is InChI=1S/C18H13Br2N3O3/c19-11-5-10(6-12(20)7-11)17(24)23-16(18(25)26)8-13-9-21-14-3-1-2-4-15(14)22-13/h1-7,9,16H,8H2,(H,23,24)(H,25,26)/t16-/m1/s1. The molecule has 3 rings (SSSR count). The van der Waals surface area contributed by atoms with Gasteiger partial charge in [0.15, 0.2) is 0 Å². The van der Waals surface area contributed by atoms with Crippen LogP contribution in [0.4, 0.5) is 0 Å². The number of rotatable bonds is 5. The van der Waals surface area contributed by atoms with E-state index in [9.17, 15) is 14.7 Å². The normalized spacial score (nSPS) is 11.9. The third kappa shape index (κ3) is 4.44. The first-order chi connectivity index (χ1) is 12.4. The quantitative estimate of drug-likeness (QED) is 0.584. The average Bonchev–Trinajstić information content (AvgIpc) is 2.60. The summed E-state index contributed by atoms with van der Waals surface area (Å²) in [6.45, 7) is 0. The molecule has 0 fully saturated rings. The Bertz CT molecular complexity index is 974. The number of hydrogen-bond donors (Lipinski definition) is 2. The summed E-state index contributed by atoms with van der Waals surface area (Å²) in [5, 5.41) is 12.0. The molecule has 6 nitrogen and oxygen atoms in total. The van der Waals surface area contributed by atoms with Crippen molar-refractivity contribution in [2.24, 2.45) is 0 Å². The number of carboxylic acid groups (broad SMARTS) is 1. The lowest BCUT2D eigenvalue weighted by atomic mass is 10.1. The summed E-state index contributed by atoms with van der Waals surface area (Å²) in [6.07, 6.45) is 1.56. The van der Waals surface area contributed by atoms with Gasteiger partial charge in [0.1, 0.15) is 6.04 Å². The Hall–Kier alpha value is -2.32. The number of aliphatic carboxylic acids is 1. The number of fused-ring (bicyclic) bond motifs is 1. The van der Waals surface area contributed by atoms with Gasteiger partial charge in [-0.15, -0.1) is 0 Å². The Morgan fingerprint density at radius 1 is 1.08 bits per heavy atom. The topological polar surface area (TPSA) is 92.2 Å². The van der Waals surface area contributed by atoms with Crippen molar-refractivity contribution in [3.8, 4) is 0 Å². The van der Waals surface area contributed by atoms with Gasteiger partial charge in [-0.05, 0) is 30.3 Å². The fraction of sp³-hybridized carbons (Fsp3) is 0.111. The number of carbonyl (C=O) groups excluding carboxylic acids is 1. The van der Waals surface area contributed by atoms with Gasteiger partial charge in [-0.1, -0.05) is 44.0 Å². The number of aromatic nitrogens is 2. The first kappa shape index (κ1) is 18.5. The predicted molar refractivity (Wildman–Crippen MR) is 104 cm³/mol. The second-order valence-corrected chi connectivity index (χ2v) is 7.41. The van der Waals surface area contributed by atoms with Crippen molar-refractivity contribution in [1.82, 2.24) is 15.3 Å². The van der Waals surface area contributed by atoms with E-state index in [0.29, 0.717) is 25.7 Å². The summed E-state index contributed by atoms with van der Waals surface area (Å²) in [7, 11) is 0. The highest BCUT2D eigenvalue weighted by atomic mass is 79.9. The molecule has 3 aromatic rings. The number of amides is 1. The smallest absolute Gasteiger partial charge is 0.326 e. The number of hydrogen-bond acceptors (Lipinski definition) is 4. The van der Waals surface area contributed by atoms with Crippen LogP contribution in [0.2, 0.25) is 0 Å². The van der Waals surface area contributed by atoms with E-state index < -0.39 is 17.9 Å². The molecule has 0 unspecified atom stereocenters. The number of carbonyl (C=O) groups is 2. The zero-order valence-corrected chi connectivity index (χ0v) is 16.5. The maximum Gasteiger partial charge on any atom is 0.326 e. The average molecular weight is 479 g/mol. The molecule has 0 radical (unpaired) electrons. The van der Waals surface area contributed by atoms with Crippen LogP contribution in [-0.4, -0.2) is 33.0 Å². The Balaban J connectivity index is 1.80. The van der Waals surface area contributed by atoms with Crippen LogP contribution in [-0.2, 0) is 11.2 Å². The molecular weight excluding hydrogens is 466 g/mol. The molecule has 8 heteroatoms. The second-order valence-electron chi connectivity index (χ2n) is 5.58. The lowest BCUT2D eigenvalue weighted by Gasteiger charge is -2.14. The van der Waals surface area contributed by atoms with Gasteiger partial charge in [0.05, 0.1) is 16.7 Å². The van der Waals surface area contributed by atoms with E-state index in [4.69, 9.17) is 0 Å². The maximum absolute atomic E-state index is 12.4. The third-order valence-electron chi connectivity index (χ3n) is 3.64. The molecule has 2 N–H and O–H groups in total. The molecule has 0 aliphatic heterocycles. The van der Waals surface area contributed by atoms with Crippen molar-refractivity contribution in [2.45, 2.75) is 12.5 Å². The van der Waals surface area contributed by atoms with E-state index >= 15 is 0 Å². The zero-order chi connectivity index (χ0) is 18.7. The lowest BCUT2D eigenvalue weighted by molar-refractivity contribution is -0.139. The molecule has 0 aliphatic carbocycles. The van der Waals surface area contributed by atoms with E-state index in [-0.39, 0.29) is 6.42 Å². The number of halogens is 2. The predicted octanol–water partition coefficient (Wildman–Crippen LogP) is 3.58. The fourth-order valence-electron chi connectivity index (χ4n) is 2.43. The number of nitrogens with one attached hydrogen (secondary N) is 1. The molecule has 1 atom stereocenters. The first-order valence-electron chi connectivity index (χ1n) is 7.63. The summed E-state index contributed by atoms with van der Waals surface area (Å²) in [5.74, 6) is -1.62. The molecule has 0 aliphatic rings. The van der Waals surface area contributed by atoms with Gasteiger partial charge in [-0.25, -0.2) is 9.78 Å². The van der Waals surface area contributed by atoms with Crippen molar-refractivity contribution < 1.29 is 14.7 Å². The summed E-state index contributed by atoms with van der Waals surface area (Å²) >= 11 is 6.62. The number of benzene rings is 2. The van der Waals surface area contributed by atoms with E-state index in [2.05, 4.69) is 47.1 Å². The van der Waals surface area contributed by atoms with E-state index in [1.54, 1.807) is 24.3 Å². The van der Waals surface area contributed by atoms with Crippen LogP contribution in [0.25, 0.3) is 11.0 Å². The van der Waals surface area contributed by atoms with E-state index in [0.717, 1.165) is 5.52 Å². The summed E-state index contributed by atoms with van der Waals surface area (Å²) in [5.41, 5.74) is 2.25. The highest BCUT2D eigenvalue weighted by Gasteiger charge is 2.22. The lowest BCUT2D eigenvalue weighted by Crippen LogP contribution is -2.42. The summed E-state index contributed by atoms with van der Waals surface area (Å²) in [4.78, 5) is 32.7. The second kappa shape index (κ2) is 7.92. The Kier molecular flexibility index (Phi) is 5.63. The molecule has 0 saturated heterocycles. The van der Waals surface area contributed by atoms with Gasteiger partial charge < -0.3 is 10.4 Å². The molecule has 2 aromatic carbocycles. The highest BCUT2D eigenvalue weighted by Crippen LogP contribution is 2.20. The third-order valence-corrected chi connectivity index (χ3v) is 4.56. The van der Waals surface area contributed by atoms with Crippen LogP contribution >= 0.6 is 31.9 Å². The Morgan fingerprint density at radius 2 is 1.73 bits per heavy atom. The Morgan fingerprint density at radius 3 is 2.38 bits per heavy atom. The minimum absolute atomic E-state index is 0.0358. The van der Waals surface area contributed by atoms with E-state index in [1.807, 2.05) is 18.2 Å². The van der Waals surface area contributed by atoms with Crippen molar-refractivity contribution in [2.75, 3.05) is 0 Å². The van der Waals surface area contributed by atoms with Crippen molar-refractivity contribution in [1.29, 1.82) is 0 Å². The number of para-hydroxylation sites is 2. The van der Waals surface area contributed by atoms with E-state index in [1.165, 1.54) is 6.20 Å². The molecular formula is C18H13Br2N3O3. The zero-order valence-electron chi connectivity index (χ0n) is 13.3. The van der Waals surface area contributed by atoms with Crippen LogP contribution in [0, 0.1) is 0 Å². The van der Waals surface area contributed by atoms with Crippen LogP contribution in [0.1, 0.15) is 16.1 Å². The van der Waals surface area contributed by atoms with Gasteiger partial charge >= 0.3 is 5.97 Å². The number of nitrogens with zero attached hydrogens (tertiary/aromatic N) is 2.